The molecule has 290 valence electrons. The molecule has 0 spiro atoms. The van der Waals surface area contributed by atoms with Crippen molar-refractivity contribution in [2.45, 2.75) is 32.1 Å². The normalized spacial score (nSPS) is 14.8. The van der Waals surface area contributed by atoms with Crippen molar-refractivity contribution in [2.24, 2.45) is 0 Å². The topological polar surface area (TPSA) is 64.7 Å². The Bertz CT molecular complexity index is 3540. The predicted octanol–water partition coefficient (Wildman–Crippen LogP) is 13.2. The van der Waals surface area contributed by atoms with Crippen LogP contribution in [0.2, 0.25) is 0 Å². The van der Waals surface area contributed by atoms with Gasteiger partial charge in [0.15, 0.2) is 17.5 Å². The number of para-hydroxylation sites is 3. The maximum atomic E-state index is 6.56. The van der Waals surface area contributed by atoms with Gasteiger partial charge in [-0.3, -0.25) is 0 Å². The second kappa shape index (κ2) is 14.8. The van der Waals surface area contributed by atoms with Gasteiger partial charge in [-0.25, -0.2) is 19.9 Å². The maximum Gasteiger partial charge on any atom is 0.164 e. The molecule has 61 heavy (non-hydrogen) atoms. The minimum Gasteiger partial charge on any atom is -0.455 e. The molecule has 0 saturated carbocycles. The van der Waals surface area contributed by atoms with Gasteiger partial charge in [-0.05, 0) is 54.5 Å². The number of thiophene rings is 1. The van der Waals surface area contributed by atoms with Crippen LogP contribution in [0.25, 0.3) is 111 Å². The molecule has 0 amide bonds. The molecule has 0 unspecified atom stereocenters. The first-order chi connectivity index (χ1) is 30.2. The Hall–Kier alpha value is -7.28. The zero-order valence-corrected chi connectivity index (χ0v) is 34.1. The number of fused-ring (bicyclic) bond motifs is 8. The number of furan rings is 1. The summed E-state index contributed by atoms with van der Waals surface area (Å²) in [5, 5.41) is 6.04. The van der Waals surface area contributed by atoms with Crippen molar-refractivity contribution in [3.63, 3.8) is 0 Å². The lowest BCUT2D eigenvalue weighted by Gasteiger charge is -2.12. The summed E-state index contributed by atoms with van der Waals surface area (Å²) in [5.74, 6) is 2.07. The zero-order chi connectivity index (χ0) is 40.3. The van der Waals surface area contributed by atoms with Gasteiger partial charge < -0.3 is 4.42 Å². The van der Waals surface area contributed by atoms with Gasteiger partial charge >= 0.3 is 0 Å². The fourth-order valence-electron chi connectivity index (χ4n) is 9.01. The summed E-state index contributed by atoms with van der Waals surface area (Å²) < 4.78 is 9.12. The summed E-state index contributed by atoms with van der Waals surface area (Å²) in [6.07, 6.45) is 26.8. The minimum absolute atomic E-state index is 0.670. The second-order valence-electron chi connectivity index (χ2n) is 15.8. The van der Waals surface area contributed by atoms with Crippen molar-refractivity contribution in [1.82, 2.24) is 19.9 Å². The van der Waals surface area contributed by atoms with E-state index in [4.69, 9.17) is 24.4 Å². The molecule has 3 aliphatic rings. The molecule has 0 fully saturated rings. The molecule has 5 nitrogen and oxygen atoms in total. The van der Waals surface area contributed by atoms with Crippen LogP contribution in [0.4, 0.5) is 0 Å². The van der Waals surface area contributed by atoms with Crippen LogP contribution in [0.5, 0.6) is 0 Å². The molecule has 3 aliphatic carbocycles. The number of hydrogen-bond donors (Lipinski definition) is 0. The third-order valence-electron chi connectivity index (χ3n) is 12.0. The molecule has 0 aliphatic heterocycles. The monoisotopic (exact) mass is 802 g/mol. The van der Waals surface area contributed by atoms with Crippen molar-refractivity contribution in [1.29, 1.82) is 0 Å². The van der Waals surface area contributed by atoms with Crippen molar-refractivity contribution in [3.8, 4) is 44.9 Å². The molecule has 5 aromatic carbocycles. The molecule has 4 heterocycles. The van der Waals surface area contributed by atoms with Crippen LogP contribution >= 0.6 is 11.3 Å². The van der Waals surface area contributed by atoms with Gasteiger partial charge in [0.25, 0.3) is 0 Å². The van der Waals surface area contributed by atoms with E-state index in [0.717, 1.165) is 110 Å². The molecular formula is C55H38N4OS. The second-order valence-corrected chi connectivity index (χ2v) is 16.8. The Morgan fingerprint density at radius 2 is 1.18 bits per heavy atom. The smallest absolute Gasteiger partial charge is 0.164 e. The Labute approximate surface area is 356 Å². The van der Waals surface area contributed by atoms with Crippen LogP contribution < -0.4 is 9.75 Å². The lowest BCUT2D eigenvalue weighted by atomic mass is 9.96. The van der Waals surface area contributed by atoms with E-state index in [1.165, 1.54) is 25.2 Å². The van der Waals surface area contributed by atoms with Crippen LogP contribution in [0.15, 0.2) is 162 Å². The number of hydrogen-bond acceptors (Lipinski definition) is 6. The highest BCUT2D eigenvalue weighted by molar-refractivity contribution is 7.17. The highest BCUT2D eigenvalue weighted by atomic mass is 32.1. The van der Waals surface area contributed by atoms with Crippen molar-refractivity contribution >= 4 is 77.6 Å². The average molecular weight is 803 g/mol. The minimum atomic E-state index is 0.670. The summed E-state index contributed by atoms with van der Waals surface area (Å²) in [7, 11) is 0. The molecule has 0 saturated heterocycles. The number of benzene rings is 5. The molecule has 0 bridgehead atoms. The van der Waals surface area contributed by atoms with Gasteiger partial charge in [0.05, 0.1) is 15.9 Å². The van der Waals surface area contributed by atoms with Gasteiger partial charge in [-0.1, -0.05) is 164 Å². The SMILES string of the molecule is C1=CCC=C(c2nc(C3=CCCC=C3)nc(-c3ccc(-c4ccc(-c5nc6c(-c7cccc8c7oc7ccccc78)cccc6c6c7c(sc56)=CCCC=7)cc4)cc3)n2)C=C1. The Balaban J connectivity index is 0.944. The number of aromatic nitrogens is 4. The Morgan fingerprint density at radius 1 is 0.492 bits per heavy atom. The molecule has 0 N–H and O–H groups in total. The molecule has 0 radical (unpaired) electrons. The molecule has 9 aromatic rings. The molecule has 6 heteroatoms. The number of allylic oxidation sites excluding steroid dienone is 10. The van der Waals surface area contributed by atoms with Crippen molar-refractivity contribution < 1.29 is 4.42 Å². The zero-order valence-electron chi connectivity index (χ0n) is 33.3. The van der Waals surface area contributed by atoms with E-state index in [-0.39, 0.29) is 0 Å². The average Bonchev–Trinajstić information content (AvgIpc) is 3.79. The van der Waals surface area contributed by atoms with Crippen LogP contribution in [0, 0.1) is 0 Å². The van der Waals surface area contributed by atoms with E-state index in [1.54, 1.807) is 0 Å². The quantitative estimate of drug-likeness (QED) is 0.168. The first-order valence-electron chi connectivity index (χ1n) is 21.1. The summed E-state index contributed by atoms with van der Waals surface area (Å²) in [6, 6.07) is 38.8. The summed E-state index contributed by atoms with van der Waals surface area (Å²) in [6.45, 7) is 0. The molecule has 4 aromatic heterocycles. The van der Waals surface area contributed by atoms with Gasteiger partial charge in [0, 0.05) is 59.5 Å². The van der Waals surface area contributed by atoms with E-state index in [0.29, 0.717) is 17.5 Å². The standard InChI is InChI=1S/C55H38N4OS/c1-2-5-15-37(14-4-1)53-57-54(38-16-6-3-7-17-38)59-55(58-53)39-32-28-35(29-33-39)34-26-30-36(31-27-34)49-52-48(44-19-9-11-25-47(44)61-52)45-23-12-20-41(50(45)56-49)43-22-13-21-42-40-18-8-10-24-46(40)60-51(42)43/h1-2,4,6,8,10,12-33H,3,5,7,9,11H2. The fourth-order valence-corrected chi connectivity index (χ4v) is 10.3. The number of pyridine rings is 1. The van der Waals surface area contributed by atoms with E-state index < -0.39 is 0 Å². The van der Waals surface area contributed by atoms with E-state index >= 15 is 0 Å². The summed E-state index contributed by atoms with van der Waals surface area (Å²) in [4.78, 5) is 20.5. The van der Waals surface area contributed by atoms with E-state index in [1.807, 2.05) is 29.5 Å². The van der Waals surface area contributed by atoms with Gasteiger partial charge in [0.1, 0.15) is 11.2 Å². The lowest BCUT2D eigenvalue weighted by molar-refractivity contribution is 0.670. The van der Waals surface area contributed by atoms with Crippen LogP contribution in [-0.2, 0) is 0 Å². The largest absolute Gasteiger partial charge is 0.455 e. The van der Waals surface area contributed by atoms with Gasteiger partial charge in [-0.2, -0.15) is 0 Å². The van der Waals surface area contributed by atoms with E-state index in [2.05, 4.69) is 152 Å². The fraction of sp³-hybridized carbons (Fsp3) is 0.0909. The first kappa shape index (κ1) is 35.6. The number of nitrogens with zero attached hydrogens (tertiary/aromatic N) is 4. The van der Waals surface area contributed by atoms with Gasteiger partial charge in [-0.15, -0.1) is 11.3 Å². The molecule has 12 rings (SSSR count). The first-order valence-corrected chi connectivity index (χ1v) is 21.9. The Kier molecular flexibility index (Phi) is 8.63. The predicted molar refractivity (Wildman–Crippen MR) is 254 cm³/mol. The molecular weight excluding hydrogens is 765 g/mol. The number of rotatable bonds is 6. The van der Waals surface area contributed by atoms with Gasteiger partial charge in [0.2, 0.25) is 0 Å². The van der Waals surface area contributed by atoms with Crippen LogP contribution in [-0.4, -0.2) is 19.9 Å². The highest BCUT2D eigenvalue weighted by Gasteiger charge is 2.21. The third kappa shape index (κ3) is 6.22. The Morgan fingerprint density at radius 3 is 2.00 bits per heavy atom. The van der Waals surface area contributed by atoms with Crippen molar-refractivity contribution in [2.75, 3.05) is 0 Å². The van der Waals surface area contributed by atoms with E-state index in [9.17, 15) is 0 Å². The highest BCUT2D eigenvalue weighted by Crippen LogP contribution is 2.41. The van der Waals surface area contributed by atoms with Crippen LogP contribution in [0.1, 0.15) is 43.8 Å². The lowest BCUT2D eigenvalue weighted by Crippen LogP contribution is -2.20. The van der Waals surface area contributed by atoms with Crippen LogP contribution in [0.3, 0.4) is 0 Å². The summed E-state index contributed by atoms with van der Waals surface area (Å²) >= 11 is 1.86. The van der Waals surface area contributed by atoms with Crippen molar-refractivity contribution in [3.05, 3.63) is 179 Å². The maximum absolute atomic E-state index is 6.56. The summed E-state index contributed by atoms with van der Waals surface area (Å²) in [5.41, 5.74) is 12.3. The molecule has 0 atom stereocenters. The third-order valence-corrected chi connectivity index (χ3v) is 13.2.